The Balaban J connectivity index is 2.73. The zero-order valence-corrected chi connectivity index (χ0v) is 17.8. The van der Waals surface area contributed by atoms with Gasteiger partial charge in [-0.25, -0.2) is 0 Å². The minimum atomic E-state index is -0.215. The van der Waals surface area contributed by atoms with Crippen LogP contribution in [0.1, 0.15) is 61.8 Å². The molecule has 144 valence electrons. The lowest BCUT2D eigenvalue weighted by molar-refractivity contribution is -0.117. The predicted octanol–water partition coefficient (Wildman–Crippen LogP) is 5.20. The van der Waals surface area contributed by atoms with Crippen LogP contribution in [0.25, 0.3) is 0 Å². The molecule has 1 amide bonds. The van der Waals surface area contributed by atoms with Gasteiger partial charge in [0, 0.05) is 23.9 Å². The fourth-order valence-corrected chi connectivity index (χ4v) is 2.93. The summed E-state index contributed by atoms with van der Waals surface area (Å²) in [5.74, 6) is -0.0605. The summed E-state index contributed by atoms with van der Waals surface area (Å²) in [7, 11) is 0. The number of nitrogens with one attached hydrogen (secondary N) is 2. The summed E-state index contributed by atoms with van der Waals surface area (Å²) >= 11 is 0. The molecule has 0 saturated heterocycles. The second kappa shape index (κ2) is 9.07. The highest BCUT2D eigenvalue weighted by Gasteiger charge is 2.26. The van der Waals surface area contributed by atoms with Gasteiger partial charge in [-0.2, -0.15) is 0 Å². The summed E-state index contributed by atoms with van der Waals surface area (Å²) in [6.07, 6.45) is 13.2. The smallest absolute Gasteiger partial charge is 0.244 e. The van der Waals surface area contributed by atoms with E-state index in [4.69, 9.17) is 0 Å². The molecule has 0 aromatic rings. The van der Waals surface area contributed by atoms with Crippen LogP contribution in [0.5, 0.6) is 0 Å². The van der Waals surface area contributed by atoms with Crippen LogP contribution in [0.15, 0.2) is 58.9 Å². The van der Waals surface area contributed by atoms with E-state index in [1.807, 2.05) is 39.8 Å². The first-order valence-corrected chi connectivity index (χ1v) is 9.39. The largest absolute Gasteiger partial charge is 0.388 e. The summed E-state index contributed by atoms with van der Waals surface area (Å²) in [5, 5.41) is 6.38. The number of allylic oxidation sites excluding steroid dienone is 9. The Hall–Kier alpha value is -2.03. The third-order valence-corrected chi connectivity index (χ3v) is 4.36. The molecule has 3 nitrogen and oxygen atoms in total. The quantitative estimate of drug-likeness (QED) is 0.525. The number of carbonyl (C=O) groups is 1. The molecule has 0 aliphatic carbocycles. The van der Waals surface area contributed by atoms with Gasteiger partial charge in [-0.15, -0.1) is 0 Å². The first-order valence-electron chi connectivity index (χ1n) is 9.39. The maximum atomic E-state index is 11.9. The molecule has 0 bridgehead atoms. The normalized spacial score (nSPS) is 19.2. The minimum absolute atomic E-state index is 0.0605. The summed E-state index contributed by atoms with van der Waals surface area (Å²) in [4.78, 5) is 11.9. The van der Waals surface area contributed by atoms with Gasteiger partial charge in [0.05, 0.1) is 0 Å². The molecule has 26 heavy (non-hydrogen) atoms. The zero-order valence-electron chi connectivity index (χ0n) is 17.8. The van der Waals surface area contributed by atoms with Gasteiger partial charge < -0.3 is 10.6 Å². The van der Waals surface area contributed by atoms with Gasteiger partial charge in [-0.1, -0.05) is 49.8 Å². The average Bonchev–Trinajstić information content (AvgIpc) is 2.43. The highest BCUT2D eigenvalue weighted by molar-refractivity contribution is 5.89. The van der Waals surface area contributed by atoms with E-state index in [0.29, 0.717) is 0 Å². The SMILES string of the molecule is CC1=C(/C=C/C(C)=C/C=C/C(C)=C/C(=O)NC(C)(C)C)C(C)(C)CCN1. The standard InChI is InChI=1S/C23H36N2O/c1-17(12-13-20-19(3)24-15-14-23(20,7)8)10-9-11-18(2)16-21(26)25-22(4,5)6/h9-13,16,24H,14-15H2,1-8H3,(H,25,26)/b11-9+,13-12+,17-10+,18-16+. The van der Waals surface area contributed by atoms with Crippen LogP contribution in [0.2, 0.25) is 0 Å². The summed E-state index contributed by atoms with van der Waals surface area (Å²) in [6.45, 7) is 17.7. The van der Waals surface area contributed by atoms with E-state index >= 15 is 0 Å². The van der Waals surface area contributed by atoms with E-state index in [0.717, 1.165) is 18.5 Å². The van der Waals surface area contributed by atoms with Crippen molar-refractivity contribution in [2.24, 2.45) is 5.41 Å². The molecule has 0 aromatic carbocycles. The Labute approximate surface area is 160 Å². The lowest BCUT2D eigenvalue weighted by atomic mass is 9.77. The van der Waals surface area contributed by atoms with Gasteiger partial charge >= 0.3 is 0 Å². The monoisotopic (exact) mass is 356 g/mol. The van der Waals surface area contributed by atoms with Crippen LogP contribution >= 0.6 is 0 Å². The van der Waals surface area contributed by atoms with Crippen molar-refractivity contribution in [3.05, 3.63) is 58.9 Å². The van der Waals surface area contributed by atoms with Crippen LogP contribution in [-0.2, 0) is 4.79 Å². The Morgan fingerprint density at radius 3 is 2.38 bits per heavy atom. The first-order chi connectivity index (χ1) is 11.9. The number of hydrogen-bond acceptors (Lipinski definition) is 2. The van der Waals surface area contributed by atoms with Gasteiger partial charge in [-0.3, -0.25) is 4.79 Å². The maximum Gasteiger partial charge on any atom is 0.244 e. The first kappa shape index (κ1) is 22.0. The fraction of sp³-hybridized carbons (Fsp3) is 0.522. The average molecular weight is 357 g/mol. The second-order valence-electron chi connectivity index (χ2n) is 8.83. The molecule has 1 aliphatic heterocycles. The summed E-state index contributed by atoms with van der Waals surface area (Å²) in [6, 6.07) is 0. The molecule has 0 saturated carbocycles. The van der Waals surface area contributed by atoms with E-state index in [1.165, 1.54) is 16.8 Å². The van der Waals surface area contributed by atoms with Crippen LogP contribution in [-0.4, -0.2) is 18.0 Å². The summed E-state index contributed by atoms with van der Waals surface area (Å²) < 4.78 is 0. The lowest BCUT2D eigenvalue weighted by Gasteiger charge is -2.33. The molecule has 1 rings (SSSR count). The fourth-order valence-electron chi connectivity index (χ4n) is 2.93. The van der Waals surface area contributed by atoms with Gasteiger partial charge in [0.1, 0.15) is 0 Å². The Kier molecular flexibility index (Phi) is 7.68. The topological polar surface area (TPSA) is 41.1 Å². The van der Waals surface area contributed by atoms with Gasteiger partial charge in [0.2, 0.25) is 5.91 Å². The van der Waals surface area contributed by atoms with Crippen LogP contribution in [0.4, 0.5) is 0 Å². The predicted molar refractivity (Wildman–Crippen MR) is 113 cm³/mol. The summed E-state index contributed by atoms with van der Waals surface area (Å²) in [5.41, 5.74) is 4.74. The molecule has 2 N–H and O–H groups in total. The van der Waals surface area contributed by atoms with E-state index in [9.17, 15) is 4.79 Å². The van der Waals surface area contributed by atoms with E-state index in [-0.39, 0.29) is 16.9 Å². The Bertz CT molecular complexity index is 665. The third-order valence-electron chi connectivity index (χ3n) is 4.36. The Morgan fingerprint density at radius 2 is 1.81 bits per heavy atom. The van der Waals surface area contributed by atoms with Crippen molar-refractivity contribution < 1.29 is 4.79 Å². The van der Waals surface area contributed by atoms with E-state index in [1.54, 1.807) is 6.08 Å². The molecule has 1 aliphatic rings. The van der Waals surface area contributed by atoms with Gasteiger partial charge in [0.15, 0.2) is 0 Å². The van der Waals surface area contributed by atoms with Crippen molar-refractivity contribution in [2.45, 2.75) is 67.3 Å². The molecule has 1 heterocycles. The Morgan fingerprint density at radius 1 is 1.15 bits per heavy atom. The van der Waals surface area contributed by atoms with Crippen molar-refractivity contribution in [1.29, 1.82) is 0 Å². The molecule has 0 spiro atoms. The van der Waals surface area contributed by atoms with Crippen LogP contribution in [0.3, 0.4) is 0 Å². The molecule has 0 unspecified atom stereocenters. The van der Waals surface area contributed by atoms with E-state index < -0.39 is 0 Å². The van der Waals surface area contributed by atoms with E-state index in [2.05, 4.69) is 56.6 Å². The molecule has 0 aromatic heterocycles. The minimum Gasteiger partial charge on any atom is -0.388 e. The van der Waals surface area contributed by atoms with Crippen molar-refractivity contribution in [1.82, 2.24) is 10.6 Å². The zero-order chi connectivity index (χ0) is 20.0. The second-order valence-corrected chi connectivity index (χ2v) is 8.83. The number of rotatable bonds is 5. The van der Waals surface area contributed by atoms with Crippen molar-refractivity contribution in [3.8, 4) is 0 Å². The molecular weight excluding hydrogens is 320 g/mol. The maximum absolute atomic E-state index is 11.9. The van der Waals surface area contributed by atoms with Crippen molar-refractivity contribution in [3.63, 3.8) is 0 Å². The third kappa shape index (κ3) is 7.90. The molecule has 0 fully saturated rings. The van der Waals surface area contributed by atoms with Crippen molar-refractivity contribution >= 4 is 5.91 Å². The molecule has 0 radical (unpaired) electrons. The van der Waals surface area contributed by atoms with Crippen molar-refractivity contribution in [2.75, 3.05) is 6.54 Å². The van der Waals surface area contributed by atoms with Crippen LogP contribution < -0.4 is 10.6 Å². The molecule has 3 heteroatoms. The number of hydrogen-bond donors (Lipinski definition) is 2. The highest BCUT2D eigenvalue weighted by atomic mass is 16.1. The molecular formula is C23H36N2O. The van der Waals surface area contributed by atoms with Gasteiger partial charge in [-0.05, 0) is 64.5 Å². The number of carbonyl (C=O) groups excluding carboxylic acids is 1. The molecule has 0 atom stereocenters. The van der Waals surface area contributed by atoms with Crippen LogP contribution in [0, 0.1) is 5.41 Å². The number of amides is 1. The lowest BCUT2D eigenvalue weighted by Crippen LogP contribution is -2.39. The highest BCUT2D eigenvalue weighted by Crippen LogP contribution is 2.35. The van der Waals surface area contributed by atoms with Gasteiger partial charge in [0.25, 0.3) is 0 Å².